The summed E-state index contributed by atoms with van der Waals surface area (Å²) in [6.45, 7) is 1.46. The number of rotatable bonds is 4. The molecular formula is C17H21N5O. The highest BCUT2D eigenvalue weighted by Gasteiger charge is 2.50. The van der Waals surface area contributed by atoms with Gasteiger partial charge in [-0.15, -0.1) is 0 Å². The van der Waals surface area contributed by atoms with Crippen molar-refractivity contribution in [3.63, 3.8) is 0 Å². The zero-order valence-electron chi connectivity index (χ0n) is 13.5. The quantitative estimate of drug-likeness (QED) is 0.855. The summed E-state index contributed by atoms with van der Waals surface area (Å²) in [5.41, 5.74) is 0.913. The average molecular weight is 311 g/mol. The van der Waals surface area contributed by atoms with Gasteiger partial charge < -0.3 is 4.90 Å². The van der Waals surface area contributed by atoms with Crippen molar-refractivity contribution in [2.24, 2.45) is 0 Å². The van der Waals surface area contributed by atoms with E-state index in [0.717, 1.165) is 25.1 Å². The topological polar surface area (TPSA) is 62.2 Å². The summed E-state index contributed by atoms with van der Waals surface area (Å²) in [5, 5.41) is 0. The van der Waals surface area contributed by atoms with E-state index in [1.54, 1.807) is 43.8 Å². The number of likely N-dealkylation sites (N-methyl/N-ethyl adjacent to an activating group) is 1. The Hall–Kier alpha value is -2.34. The van der Waals surface area contributed by atoms with Crippen LogP contribution in [0.4, 0.5) is 0 Å². The molecule has 1 amide bonds. The zero-order valence-corrected chi connectivity index (χ0v) is 13.5. The fraction of sp³-hybridized carbons (Fsp3) is 0.412. The Morgan fingerprint density at radius 1 is 1.26 bits per heavy atom. The Morgan fingerprint density at radius 3 is 2.78 bits per heavy atom. The first-order valence-corrected chi connectivity index (χ1v) is 7.78. The SMILES string of the molecule is CN(C)C(=O)C1(c2cnccn2)CCCN1Cc1ccccn1. The van der Waals surface area contributed by atoms with Gasteiger partial charge in [0, 0.05) is 45.8 Å². The second-order valence-corrected chi connectivity index (χ2v) is 6.00. The lowest BCUT2D eigenvalue weighted by atomic mass is 9.90. The maximum atomic E-state index is 13.1. The molecule has 1 aliphatic heterocycles. The Balaban J connectivity index is 2.02. The molecule has 120 valence electrons. The second-order valence-electron chi connectivity index (χ2n) is 6.00. The van der Waals surface area contributed by atoms with Gasteiger partial charge >= 0.3 is 0 Å². The van der Waals surface area contributed by atoms with Crippen molar-refractivity contribution in [1.29, 1.82) is 0 Å². The van der Waals surface area contributed by atoms with E-state index < -0.39 is 5.54 Å². The van der Waals surface area contributed by atoms with Crippen LogP contribution in [0.2, 0.25) is 0 Å². The van der Waals surface area contributed by atoms with Crippen LogP contribution in [0.5, 0.6) is 0 Å². The number of carbonyl (C=O) groups is 1. The number of nitrogens with zero attached hydrogens (tertiary/aromatic N) is 5. The van der Waals surface area contributed by atoms with Crippen LogP contribution >= 0.6 is 0 Å². The molecule has 0 aliphatic carbocycles. The third-order valence-corrected chi connectivity index (χ3v) is 4.33. The van der Waals surface area contributed by atoms with Crippen LogP contribution < -0.4 is 0 Å². The molecule has 0 N–H and O–H groups in total. The predicted molar refractivity (Wildman–Crippen MR) is 86.3 cm³/mol. The lowest BCUT2D eigenvalue weighted by molar-refractivity contribution is -0.141. The fourth-order valence-corrected chi connectivity index (χ4v) is 3.30. The van der Waals surface area contributed by atoms with Gasteiger partial charge in [0.05, 0.1) is 17.6 Å². The standard InChI is InChI=1S/C17H21N5O/c1-21(2)16(23)17(15-12-18-9-10-20-15)7-5-11-22(17)13-14-6-3-4-8-19-14/h3-4,6,8-10,12H,5,7,11,13H2,1-2H3. The van der Waals surface area contributed by atoms with E-state index in [4.69, 9.17) is 0 Å². The first-order valence-electron chi connectivity index (χ1n) is 7.78. The zero-order chi connectivity index (χ0) is 16.3. The monoisotopic (exact) mass is 311 g/mol. The molecule has 6 nitrogen and oxygen atoms in total. The van der Waals surface area contributed by atoms with Gasteiger partial charge in [-0.25, -0.2) is 0 Å². The van der Waals surface area contributed by atoms with E-state index >= 15 is 0 Å². The molecule has 1 atom stereocenters. The third kappa shape index (κ3) is 2.82. The molecule has 3 heterocycles. The van der Waals surface area contributed by atoms with Crippen molar-refractivity contribution >= 4 is 5.91 Å². The normalized spacial score (nSPS) is 21.3. The maximum absolute atomic E-state index is 13.1. The molecule has 0 saturated carbocycles. The number of hydrogen-bond donors (Lipinski definition) is 0. The van der Waals surface area contributed by atoms with Crippen molar-refractivity contribution in [1.82, 2.24) is 24.8 Å². The lowest BCUT2D eigenvalue weighted by Gasteiger charge is -2.38. The minimum atomic E-state index is -0.755. The van der Waals surface area contributed by atoms with Crippen molar-refractivity contribution in [2.75, 3.05) is 20.6 Å². The summed E-state index contributed by atoms with van der Waals surface area (Å²) < 4.78 is 0. The lowest BCUT2D eigenvalue weighted by Crippen LogP contribution is -2.52. The van der Waals surface area contributed by atoms with E-state index in [2.05, 4.69) is 19.9 Å². The molecule has 0 bridgehead atoms. The van der Waals surface area contributed by atoms with Gasteiger partial charge in [0.1, 0.15) is 5.54 Å². The molecule has 1 unspecified atom stereocenters. The maximum Gasteiger partial charge on any atom is 0.248 e. The molecule has 1 aliphatic rings. The summed E-state index contributed by atoms with van der Waals surface area (Å²) in [5.74, 6) is 0.0476. The molecule has 1 fully saturated rings. The van der Waals surface area contributed by atoms with Gasteiger partial charge in [-0.3, -0.25) is 24.6 Å². The highest BCUT2D eigenvalue weighted by atomic mass is 16.2. The summed E-state index contributed by atoms with van der Waals surface area (Å²) in [7, 11) is 3.58. The smallest absolute Gasteiger partial charge is 0.248 e. The molecule has 0 spiro atoms. The first kappa shape index (κ1) is 15.6. The van der Waals surface area contributed by atoms with Gasteiger partial charge in [0.25, 0.3) is 0 Å². The van der Waals surface area contributed by atoms with Crippen LogP contribution in [0.15, 0.2) is 43.0 Å². The van der Waals surface area contributed by atoms with Crippen molar-refractivity contribution in [3.8, 4) is 0 Å². The Bertz CT molecular complexity index is 661. The van der Waals surface area contributed by atoms with Crippen LogP contribution in [0.25, 0.3) is 0 Å². The minimum absolute atomic E-state index is 0.0476. The van der Waals surface area contributed by atoms with Gasteiger partial charge in [-0.1, -0.05) is 6.07 Å². The van der Waals surface area contributed by atoms with Gasteiger partial charge in [-0.05, 0) is 25.0 Å². The molecule has 2 aromatic heterocycles. The van der Waals surface area contributed by atoms with E-state index in [-0.39, 0.29) is 5.91 Å². The van der Waals surface area contributed by atoms with Crippen molar-refractivity contribution in [2.45, 2.75) is 24.9 Å². The van der Waals surface area contributed by atoms with E-state index in [1.807, 2.05) is 18.2 Å². The summed E-state index contributed by atoms with van der Waals surface area (Å²) in [6, 6.07) is 5.85. The molecule has 6 heteroatoms. The Labute approximate surface area is 136 Å². The number of likely N-dealkylation sites (tertiary alicyclic amines) is 1. The van der Waals surface area contributed by atoms with Gasteiger partial charge in [0.15, 0.2) is 0 Å². The predicted octanol–water partition coefficient (Wildman–Crippen LogP) is 1.45. The van der Waals surface area contributed by atoms with Crippen LogP contribution in [0.1, 0.15) is 24.2 Å². The van der Waals surface area contributed by atoms with Crippen LogP contribution in [-0.4, -0.2) is 51.3 Å². The molecule has 23 heavy (non-hydrogen) atoms. The number of hydrogen-bond acceptors (Lipinski definition) is 5. The van der Waals surface area contributed by atoms with Crippen LogP contribution in [0.3, 0.4) is 0 Å². The third-order valence-electron chi connectivity index (χ3n) is 4.33. The highest BCUT2D eigenvalue weighted by Crippen LogP contribution is 2.39. The molecule has 3 rings (SSSR count). The van der Waals surface area contributed by atoms with Crippen molar-refractivity contribution < 1.29 is 4.79 Å². The Kier molecular flexibility index (Phi) is 4.34. The molecule has 0 radical (unpaired) electrons. The minimum Gasteiger partial charge on any atom is -0.347 e. The second kappa shape index (κ2) is 6.42. The van der Waals surface area contributed by atoms with Crippen LogP contribution in [-0.2, 0) is 16.9 Å². The van der Waals surface area contributed by atoms with Gasteiger partial charge in [0.2, 0.25) is 5.91 Å². The van der Waals surface area contributed by atoms with E-state index in [0.29, 0.717) is 12.2 Å². The number of amides is 1. The molecular weight excluding hydrogens is 290 g/mol. The first-order chi connectivity index (χ1) is 11.1. The highest BCUT2D eigenvalue weighted by molar-refractivity contribution is 5.87. The molecule has 1 saturated heterocycles. The van der Waals surface area contributed by atoms with Gasteiger partial charge in [-0.2, -0.15) is 0 Å². The van der Waals surface area contributed by atoms with Crippen LogP contribution in [0, 0.1) is 0 Å². The number of aromatic nitrogens is 3. The molecule has 2 aromatic rings. The Morgan fingerprint density at radius 2 is 2.13 bits per heavy atom. The largest absolute Gasteiger partial charge is 0.347 e. The summed E-state index contributed by atoms with van der Waals surface area (Å²) in [6.07, 6.45) is 8.46. The van der Waals surface area contributed by atoms with E-state index in [1.165, 1.54) is 0 Å². The summed E-state index contributed by atoms with van der Waals surface area (Å²) >= 11 is 0. The average Bonchev–Trinajstić information content (AvgIpc) is 3.00. The molecule has 0 aromatic carbocycles. The van der Waals surface area contributed by atoms with Crippen molar-refractivity contribution in [3.05, 3.63) is 54.4 Å². The summed E-state index contributed by atoms with van der Waals surface area (Å²) in [4.78, 5) is 29.9. The number of carbonyl (C=O) groups excluding carboxylic acids is 1. The number of pyridine rings is 1. The van der Waals surface area contributed by atoms with E-state index in [9.17, 15) is 4.79 Å². The fourth-order valence-electron chi connectivity index (χ4n) is 3.30.